The second-order valence-electron chi connectivity index (χ2n) is 9.83. The maximum Gasteiger partial charge on any atom is 0.311 e. The Kier molecular flexibility index (Phi) is 7.77. The molecular formula is C31H36N2O4. The first-order chi connectivity index (χ1) is 17.8. The molecule has 1 aliphatic rings. The van der Waals surface area contributed by atoms with Gasteiger partial charge >= 0.3 is 5.97 Å². The highest BCUT2D eigenvalue weighted by atomic mass is 16.5. The monoisotopic (exact) mass is 500 g/mol. The quantitative estimate of drug-likeness (QED) is 0.237. The summed E-state index contributed by atoms with van der Waals surface area (Å²) in [7, 11) is 3.31. The normalized spacial score (nSPS) is 13.6. The summed E-state index contributed by atoms with van der Waals surface area (Å²) in [4.78, 5) is 12.0. The average molecular weight is 501 g/mol. The van der Waals surface area contributed by atoms with E-state index in [1.54, 1.807) is 20.3 Å². The van der Waals surface area contributed by atoms with E-state index in [0.29, 0.717) is 24.5 Å². The van der Waals surface area contributed by atoms with E-state index in [1.165, 1.54) is 11.1 Å². The summed E-state index contributed by atoms with van der Waals surface area (Å²) in [6.07, 6.45) is 3.38. The zero-order valence-electron chi connectivity index (χ0n) is 22.5. The van der Waals surface area contributed by atoms with Gasteiger partial charge in [0.15, 0.2) is 0 Å². The molecule has 3 aromatic rings. The Morgan fingerprint density at radius 2 is 1.70 bits per heavy atom. The second kappa shape index (κ2) is 11.0. The van der Waals surface area contributed by atoms with Crippen molar-refractivity contribution in [3.8, 4) is 28.4 Å². The van der Waals surface area contributed by atoms with Crippen LogP contribution in [-0.4, -0.2) is 25.7 Å². The predicted octanol–water partition coefficient (Wildman–Crippen LogP) is 7.30. The zero-order chi connectivity index (χ0) is 26.6. The van der Waals surface area contributed by atoms with Gasteiger partial charge in [0.05, 0.1) is 25.4 Å². The van der Waals surface area contributed by atoms with E-state index >= 15 is 0 Å². The molecule has 3 aromatic carbocycles. The molecule has 1 heterocycles. The van der Waals surface area contributed by atoms with E-state index in [4.69, 9.17) is 14.2 Å². The van der Waals surface area contributed by atoms with Crippen molar-refractivity contribution in [2.24, 2.45) is 0 Å². The summed E-state index contributed by atoms with van der Waals surface area (Å²) in [6.45, 7) is 9.02. The van der Waals surface area contributed by atoms with Crippen LogP contribution in [0.1, 0.15) is 51.7 Å². The van der Waals surface area contributed by atoms with Crippen LogP contribution in [0.3, 0.4) is 0 Å². The molecule has 0 aromatic heterocycles. The third kappa shape index (κ3) is 5.74. The van der Waals surface area contributed by atoms with Crippen molar-refractivity contribution < 1.29 is 19.0 Å². The molecule has 0 atom stereocenters. The summed E-state index contributed by atoms with van der Waals surface area (Å²) in [5.41, 5.74) is 7.34. The molecule has 1 aliphatic heterocycles. The van der Waals surface area contributed by atoms with Crippen molar-refractivity contribution in [2.75, 3.05) is 24.9 Å². The summed E-state index contributed by atoms with van der Waals surface area (Å²) < 4.78 is 16.9. The van der Waals surface area contributed by atoms with Crippen LogP contribution in [0, 0.1) is 0 Å². The van der Waals surface area contributed by atoms with E-state index in [2.05, 4.69) is 49.6 Å². The number of methoxy groups -OCH3 is 2. The lowest BCUT2D eigenvalue weighted by Gasteiger charge is -2.33. The summed E-state index contributed by atoms with van der Waals surface area (Å²) in [5, 5.41) is 7.24. The van der Waals surface area contributed by atoms with Crippen molar-refractivity contribution in [3.05, 3.63) is 71.8 Å². The number of nitrogens with one attached hydrogen (secondary N) is 2. The van der Waals surface area contributed by atoms with Gasteiger partial charge in [0, 0.05) is 35.8 Å². The van der Waals surface area contributed by atoms with E-state index in [9.17, 15) is 4.79 Å². The number of ether oxygens (including phenoxy) is 3. The Morgan fingerprint density at radius 1 is 0.973 bits per heavy atom. The molecule has 0 amide bonds. The summed E-state index contributed by atoms with van der Waals surface area (Å²) >= 11 is 0. The van der Waals surface area contributed by atoms with Crippen LogP contribution < -0.4 is 24.8 Å². The van der Waals surface area contributed by atoms with Gasteiger partial charge in [0.1, 0.15) is 17.2 Å². The first kappa shape index (κ1) is 26.1. The SMILES string of the molecule is CCCC(=O)Oc1ccc(-c2ccc3c(c2CNc2ccccc2OC)C(C)=CC(C)(C)N3)c(OC)c1. The molecule has 0 saturated heterocycles. The molecule has 0 fully saturated rings. The largest absolute Gasteiger partial charge is 0.496 e. The molecule has 6 nitrogen and oxygen atoms in total. The minimum Gasteiger partial charge on any atom is -0.496 e. The number of para-hydroxylation sites is 2. The lowest BCUT2D eigenvalue weighted by atomic mass is 9.85. The van der Waals surface area contributed by atoms with Crippen molar-refractivity contribution in [1.82, 2.24) is 0 Å². The fourth-order valence-electron chi connectivity index (χ4n) is 4.95. The van der Waals surface area contributed by atoms with Crippen LogP contribution >= 0.6 is 0 Å². The molecule has 6 heteroatoms. The van der Waals surface area contributed by atoms with Crippen molar-refractivity contribution in [1.29, 1.82) is 0 Å². The van der Waals surface area contributed by atoms with Gasteiger partial charge in [-0.25, -0.2) is 0 Å². The number of hydrogen-bond acceptors (Lipinski definition) is 6. The lowest BCUT2D eigenvalue weighted by Crippen LogP contribution is -2.32. The van der Waals surface area contributed by atoms with Crippen molar-refractivity contribution in [3.63, 3.8) is 0 Å². The van der Waals surface area contributed by atoms with Gasteiger partial charge in [-0.2, -0.15) is 0 Å². The smallest absolute Gasteiger partial charge is 0.311 e. The van der Waals surface area contributed by atoms with Gasteiger partial charge < -0.3 is 24.8 Å². The summed E-state index contributed by atoms with van der Waals surface area (Å²) in [5.74, 6) is 1.66. The molecule has 4 rings (SSSR count). The highest BCUT2D eigenvalue weighted by Crippen LogP contribution is 2.43. The van der Waals surface area contributed by atoms with Crippen LogP contribution in [0.15, 0.2) is 60.7 Å². The van der Waals surface area contributed by atoms with E-state index < -0.39 is 0 Å². The minimum absolute atomic E-state index is 0.145. The van der Waals surface area contributed by atoms with Crippen LogP contribution in [0.25, 0.3) is 16.7 Å². The number of anilines is 2. The number of esters is 1. The first-order valence-electron chi connectivity index (χ1n) is 12.7. The standard InChI is InChI=1S/C31H36N2O4/c1-7-10-29(34)37-21-13-14-23(28(17-21)36-6)22-15-16-26-30(20(2)18-31(3,4)33-26)24(22)19-32-25-11-8-9-12-27(25)35-5/h8-9,11-18,32-33H,7,10,19H2,1-6H3. The van der Waals surface area contributed by atoms with E-state index in [0.717, 1.165) is 40.2 Å². The number of hydrogen-bond donors (Lipinski definition) is 2. The van der Waals surface area contributed by atoms with Crippen LogP contribution in [0.5, 0.6) is 17.2 Å². The molecule has 194 valence electrons. The van der Waals surface area contributed by atoms with Gasteiger partial charge in [-0.15, -0.1) is 0 Å². The van der Waals surface area contributed by atoms with E-state index in [1.807, 2.05) is 43.3 Å². The molecule has 2 N–H and O–H groups in total. The van der Waals surface area contributed by atoms with Crippen molar-refractivity contribution in [2.45, 2.75) is 52.6 Å². The molecule has 0 radical (unpaired) electrons. The lowest BCUT2D eigenvalue weighted by molar-refractivity contribution is -0.134. The Labute approximate surface area is 219 Å². The van der Waals surface area contributed by atoms with Crippen LogP contribution in [0.4, 0.5) is 11.4 Å². The van der Waals surface area contributed by atoms with Crippen molar-refractivity contribution >= 4 is 22.9 Å². The minimum atomic E-state index is -0.248. The Bertz CT molecular complexity index is 1330. The van der Waals surface area contributed by atoms with Gasteiger partial charge in [-0.1, -0.05) is 31.2 Å². The number of allylic oxidation sites excluding steroid dienone is 1. The zero-order valence-corrected chi connectivity index (χ0v) is 22.5. The molecule has 0 spiro atoms. The first-order valence-corrected chi connectivity index (χ1v) is 12.7. The number of benzene rings is 3. The Hall–Kier alpha value is -3.93. The highest BCUT2D eigenvalue weighted by molar-refractivity contribution is 5.89. The van der Waals surface area contributed by atoms with Gasteiger partial charge in [0.25, 0.3) is 0 Å². The predicted molar refractivity (Wildman–Crippen MR) is 151 cm³/mol. The number of rotatable bonds is 9. The molecule has 0 unspecified atom stereocenters. The molecule has 37 heavy (non-hydrogen) atoms. The average Bonchev–Trinajstić information content (AvgIpc) is 2.86. The second-order valence-corrected chi connectivity index (χ2v) is 9.83. The van der Waals surface area contributed by atoms with Crippen LogP contribution in [0.2, 0.25) is 0 Å². The molecule has 0 aliphatic carbocycles. The fraction of sp³-hybridized carbons (Fsp3) is 0.323. The number of carbonyl (C=O) groups excluding carboxylic acids is 1. The molecular weight excluding hydrogens is 464 g/mol. The van der Waals surface area contributed by atoms with Gasteiger partial charge in [0.2, 0.25) is 0 Å². The third-order valence-electron chi connectivity index (χ3n) is 6.45. The fourth-order valence-corrected chi connectivity index (χ4v) is 4.95. The maximum absolute atomic E-state index is 12.0. The number of fused-ring (bicyclic) bond motifs is 1. The Balaban J connectivity index is 1.81. The van der Waals surface area contributed by atoms with Crippen LogP contribution in [-0.2, 0) is 11.3 Å². The highest BCUT2D eigenvalue weighted by Gasteiger charge is 2.27. The van der Waals surface area contributed by atoms with E-state index in [-0.39, 0.29) is 11.5 Å². The third-order valence-corrected chi connectivity index (χ3v) is 6.45. The summed E-state index contributed by atoms with van der Waals surface area (Å²) in [6, 6.07) is 17.7. The topological polar surface area (TPSA) is 68.8 Å². The maximum atomic E-state index is 12.0. The molecule has 0 saturated carbocycles. The number of carbonyl (C=O) groups is 1. The van der Waals surface area contributed by atoms with Gasteiger partial charge in [-0.05, 0) is 74.2 Å². The Morgan fingerprint density at radius 3 is 2.43 bits per heavy atom. The van der Waals surface area contributed by atoms with Gasteiger partial charge in [-0.3, -0.25) is 4.79 Å². The molecule has 0 bridgehead atoms.